The molecule has 2 amide bonds. The predicted molar refractivity (Wildman–Crippen MR) is 151 cm³/mol. The zero-order chi connectivity index (χ0) is 28.7. The monoisotopic (exact) mass is 553 g/mol. The van der Waals surface area contributed by atoms with Crippen LogP contribution in [0.15, 0.2) is 77.7 Å². The topological polar surface area (TPSA) is 86.8 Å². The SMILES string of the molecule is CC[C@@H](C)NC(=O)[C@H](C)N(Cc1ccc(F)cc1)C(=O)CN(c1cccc(C)c1)S(=O)(=O)c1ccc(C)cc1. The molecule has 3 aromatic carbocycles. The zero-order valence-corrected chi connectivity index (χ0v) is 23.8. The zero-order valence-electron chi connectivity index (χ0n) is 23.0. The molecule has 7 nitrogen and oxygen atoms in total. The summed E-state index contributed by atoms with van der Waals surface area (Å²) in [5.74, 6) is -1.35. The summed E-state index contributed by atoms with van der Waals surface area (Å²) in [5, 5.41) is 2.89. The Hall–Kier alpha value is -3.72. The first-order chi connectivity index (χ1) is 18.4. The summed E-state index contributed by atoms with van der Waals surface area (Å²) in [7, 11) is -4.13. The van der Waals surface area contributed by atoms with Crippen LogP contribution < -0.4 is 9.62 Å². The van der Waals surface area contributed by atoms with Gasteiger partial charge >= 0.3 is 0 Å². The minimum Gasteiger partial charge on any atom is -0.352 e. The molecule has 0 fully saturated rings. The lowest BCUT2D eigenvalue weighted by Crippen LogP contribution is -2.52. The molecule has 9 heteroatoms. The molecule has 0 radical (unpaired) electrons. The van der Waals surface area contributed by atoms with E-state index in [0.29, 0.717) is 17.7 Å². The second-order valence-electron chi connectivity index (χ2n) is 9.81. The number of nitrogens with one attached hydrogen (secondary N) is 1. The van der Waals surface area contributed by atoms with Gasteiger partial charge in [-0.1, -0.05) is 48.9 Å². The molecule has 0 spiro atoms. The van der Waals surface area contributed by atoms with Gasteiger partial charge in [-0.25, -0.2) is 12.8 Å². The molecular weight excluding hydrogens is 517 g/mol. The first-order valence-corrected chi connectivity index (χ1v) is 14.4. The maximum Gasteiger partial charge on any atom is 0.264 e. The summed E-state index contributed by atoms with van der Waals surface area (Å²) in [6.07, 6.45) is 0.709. The summed E-state index contributed by atoms with van der Waals surface area (Å²) in [6, 6.07) is 17.9. The first kappa shape index (κ1) is 29.8. The van der Waals surface area contributed by atoms with E-state index in [4.69, 9.17) is 0 Å². The lowest BCUT2D eigenvalue weighted by molar-refractivity contribution is -0.139. The number of anilines is 1. The third-order valence-corrected chi connectivity index (χ3v) is 8.40. The highest BCUT2D eigenvalue weighted by molar-refractivity contribution is 7.92. The fraction of sp³-hybridized carbons (Fsp3) is 0.333. The average Bonchev–Trinajstić information content (AvgIpc) is 2.90. The Bertz CT molecular complexity index is 1390. The number of hydrogen-bond donors (Lipinski definition) is 1. The van der Waals surface area contributed by atoms with Gasteiger partial charge in [0.15, 0.2) is 0 Å². The van der Waals surface area contributed by atoms with Crippen molar-refractivity contribution in [2.75, 3.05) is 10.8 Å². The minimum absolute atomic E-state index is 0.000439. The van der Waals surface area contributed by atoms with E-state index in [2.05, 4.69) is 5.32 Å². The van der Waals surface area contributed by atoms with E-state index in [0.717, 1.165) is 15.4 Å². The predicted octanol–water partition coefficient (Wildman–Crippen LogP) is 4.97. The molecule has 2 atom stereocenters. The Balaban J connectivity index is 2.02. The molecular formula is C30H36FN3O4S. The van der Waals surface area contributed by atoms with Crippen molar-refractivity contribution < 1.29 is 22.4 Å². The fourth-order valence-electron chi connectivity index (χ4n) is 3.98. The molecule has 0 bridgehead atoms. The highest BCUT2D eigenvalue weighted by Crippen LogP contribution is 2.25. The van der Waals surface area contributed by atoms with E-state index in [9.17, 15) is 22.4 Å². The highest BCUT2D eigenvalue weighted by atomic mass is 32.2. The maximum absolute atomic E-state index is 13.9. The largest absolute Gasteiger partial charge is 0.352 e. The molecule has 0 heterocycles. The Labute approximate surface area is 230 Å². The van der Waals surface area contributed by atoms with Crippen LogP contribution in [0.25, 0.3) is 0 Å². The van der Waals surface area contributed by atoms with Crippen LogP contribution in [-0.4, -0.2) is 43.8 Å². The van der Waals surface area contributed by atoms with E-state index >= 15 is 0 Å². The van der Waals surface area contributed by atoms with Gasteiger partial charge in [-0.05, 0) is 81.6 Å². The Morgan fingerprint density at radius 2 is 1.56 bits per heavy atom. The van der Waals surface area contributed by atoms with Gasteiger partial charge in [0.25, 0.3) is 10.0 Å². The van der Waals surface area contributed by atoms with Gasteiger partial charge in [0.2, 0.25) is 11.8 Å². The molecule has 0 saturated carbocycles. The van der Waals surface area contributed by atoms with Crippen LogP contribution in [0.1, 0.15) is 43.9 Å². The third-order valence-electron chi connectivity index (χ3n) is 6.61. The number of benzene rings is 3. The van der Waals surface area contributed by atoms with Crippen molar-refractivity contribution in [2.24, 2.45) is 0 Å². The summed E-state index contributed by atoms with van der Waals surface area (Å²) >= 11 is 0. The molecule has 0 saturated heterocycles. The number of sulfonamides is 1. The van der Waals surface area contributed by atoms with E-state index < -0.39 is 34.3 Å². The van der Waals surface area contributed by atoms with Gasteiger partial charge in [0.1, 0.15) is 18.4 Å². The highest BCUT2D eigenvalue weighted by Gasteiger charge is 2.32. The van der Waals surface area contributed by atoms with Crippen molar-refractivity contribution in [1.82, 2.24) is 10.2 Å². The Morgan fingerprint density at radius 1 is 0.923 bits per heavy atom. The molecule has 0 aliphatic heterocycles. The van der Waals surface area contributed by atoms with Crippen LogP contribution in [-0.2, 0) is 26.2 Å². The van der Waals surface area contributed by atoms with Crippen molar-refractivity contribution in [3.63, 3.8) is 0 Å². The van der Waals surface area contributed by atoms with Gasteiger partial charge < -0.3 is 10.2 Å². The molecule has 3 aromatic rings. The van der Waals surface area contributed by atoms with Crippen LogP contribution in [0.4, 0.5) is 10.1 Å². The number of halogens is 1. The normalized spacial score (nSPS) is 12.9. The number of rotatable bonds is 11. The fourth-order valence-corrected chi connectivity index (χ4v) is 5.39. The minimum atomic E-state index is -4.13. The number of amides is 2. The number of nitrogens with zero attached hydrogens (tertiary/aromatic N) is 2. The van der Waals surface area contributed by atoms with Crippen molar-refractivity contribution in [3.05, 3.63) is 95.3 Å². The maximum atomic E-state index is 13.9. The quantitative estimate of drug-likeness (QED) is 0.363. The van der Waals surface area contributed by atoms with Gasteiger partial charge in [0, 0.05) is 12.6 Å². The summed E-state index contributed by atoms with van der Waals surface area (Å²) in [4.78, 5) is 28.3. The van der Waals surface area contributed by atoms with Crippen LogP contribution in [0.2, 0.25) is 0 Å². The van der Waals surface area contributed by atoms with E-state index in [1.807, 2.05) is 33.8 Å². The molecule has 208 valence electrons. The van der Waals surface area contributed by atoms with Crippen molar-refractivity contribution >= 4 is 27.5 Å². The van der Waals surface area contributed by atoms with E-state index in [1.165, 1.54) is 41.3 Å². The molecule has 39 heavy (non-hydrogen) atoms. The average molecular weight is 554 g/mol. The summed E-state index contributed by atoms with van der Waals surface area (Å²) in [6.45, 7) is 8.57. The van der Waals surface area contributed by atoms with Gasteiger partial charge in [-0.15, -0.1) is 0 Å². The molecule has 1 N–H and O–H groups in total. The van der Waals surface area contributed by atoms with Crippen molar-refractivity contribution in [2.45, 2.75) is 64.6 Å². The standard InChI is InChI=1S/C30H36FN3O4S/c1-6-23(4)32-30(36)24(5)33(19-25-12-14-26(31)15-13-25)29(35)20-34(27-9-7-8-22(3)18-27)39(37,38)28-16-10-21(2)11-17-28/h7-18,23-24H,6,19-20H2,1-5H3,(H,32,36)/t23-,24+/m1/s1. The lowest BCUT2D eigenvalue weighted by atomic mass is 10.1. The molecule has 0 aliphatic rings. The lowest BCUT2D eigenvalue weighted by Gasteiger charge is -2.32. The first-order valence-electron chi connectivity index (χ1n) is 12.9. The van der Waals surface area contributed by atoms with E-state index in [1.54, 1.807) is 37.3 Å². The number of carbonyl (C=O) groups is 2. The number of carbonyl (C=O) groups excluding carboxylic acids is 2. The number of hydrogen-bond acceptors (Lipinski definition) is 4. The van der Waals surface area contributed by atoms with E-state index in [-0.39, 0.29) is 23.4 Å². The molecule has 0 unspecified atom stereocenters. The van der Waals surface area contributed by atoms with Crippen LogP contribution in [0.5, 0.6) is 0 Å². The van der Waals surface area contributed by atoms with Crippen LogP contribution >= 0.6 is 0 Å². The summed E-state index contributed by atoms with van der Waals surface area (Å²) in [5.41, 5.74) is 2.67. The smallest absolute Gasteiger partial charge is 0.264 e. The van der Waals surface area contributed by atoms with Gasteiger partial charge in [-0.2, -0.15) is 0 Å². The second-order valence-corrected chi connectivity index (χ2v) is 11.7. The van der Waals surface area contributed by atoms with Crippen molar-refractivity contribution in [3.8, 4) is 0 Å². The van der Waals surface area contributed by atoms with Gasteiger partial charge in [-0.3, -0.25) is 13.9 Å². The molecule has 0 aliphatic carbocycles. The third kappa shape index (κ3) is 7.66. The molecule has 3 rings (SSSR count). The van der Waals surface area contributed by atoms with Crippen LogP contribution in [0.3, 0.4) is 0 Å². The van der Waals surface area contributed by atoms with Gasteiger partial charge in [0.05, 0.1) is 10.6 Å². The Morgan fingerprint density at radius 3 is 2.15 bits per heavy atom. The second kappa shape index (κ2) is 12.9. The molecule has 0 aromatic heterocycles. The summed E-state index contributed by atoms with van der Waals surface area (Å²) < 4.78 is 42.3. The van der Waals surface area contributed by atoms with Crippen molar-refractivity contribution in [1.29, 1.82) is 0 Å². The number of aryl methyl sites for hydroxylation is 2. The Kier molecular flexibility index (Phi) is 9.86. The van der Waals surface area contributed by atoms with Crippen LogP contribution in [0, 0.1) is 19.7 Å².